The Balaban J connectivity index is 1.71. The Morgan fingerprint density at radius 1 is 0.923 bits per heavy atom. The molecular weight excluding hydrogens is 328 g/mol. The molecule has 5 N–H and O–H groups in total. The lowest BCUT2D eigenvalue weighted by Gasteiger charge is -2.04. The number of rotatable bonds is 4. The van der Waals surface area contributed by atoms with Gasteiger partial charge < -0.3 is 16.5 Å². The van der Waals surface area contributed by atoms with Gasteiger partial charge in [-0.25, -0.2) is 9.97 Å². The van der Waals surface area contributed by atoms with Gasteiger partial charge in [0.1, 0.15) is 0 Å². The summed E-state index contributed by atoms with van der Waals surface area (Å²) in [5.74, 6) is 1.36. The summed E-state index contributed by atoms with van der Waals surface area (Å²) < 4.78 is 0. The number of benzene rings is 1. The number of hydrogen-bond donors (Lipinski definition) is 3. The lowest BCUT2D eigenvalue weighted by Crippen LogP contribution is -2.00. The van der Waals surface area contributed by atoms with Crippen molar-refractivity contribution in [2.45, 2.75) is 6.54 Å². The molecule has 0 radical (unpaired) electrons. The third-order valence-electron chi connectivity index (χ3n) is 3.93. The fourth-order valence-corrected chi connectivity index (χ4v) is 2.52. The van der Waals surface area contributed by atoms with Gasteiger partial charge in [0.2, 0.25) is 0 Å². The van der Waals surface area contributed by atoms with Crippen LogP contribution in [-0.2, 0) is 6.54 Å². The molecule has 0 amide bonds. The van der Waals surface area contributed by atoms with Crippen molar-refractivity contribution in [2.24, 2.45) is 5.73 Å². The van der Waals surface area contributed by atoms with E-state index in [1.165, 1.54) is 0 Å². The van der Waals surface area contributed by atoms with Crippen LogP contribution in [0.25, 0.3) is 34.2 Å². The molecule has 1 aromatic carbocycles. The first kappa shape index (κ1) is 15.9. The molecule has 0 atom stereocenters. The first-order chi connectivity index (χ1) is 12.7. The van der Waals surface area contributed by atoms with Crippen molar-refractivity contribution in [3.63, 3.8) is 0 Å². The zero-order valence-electron chi connectivity index (χ0n) is 13.8. The summed E-state index contributed by atoms with van der Waals surface area (Å²) >= 11 is 0. The highest BCUT2D eigenvalue weighted by atomic mass is 15.2. The van der Waals surface area contributed by atoms with Gasteiger partial charge in [0.15, 0.2) is 23.2 Å². The van der Waals surface area contributed by atoms with Crippen molar-refractivity contribution in [3.05, 3.63) is 60.6 Å². The highest BCUT2D eigenvalue weighted by molar-refractivity contribution is 5.69. The van der Waals surface area contributed by atoms with Gasteiger partial charge in [-0.2, -0.15) is 0 Å². The van der Waals surface area contributed by atoms with E-state index in [1.54, 1.807) is 18.6 Å². The van der Waals surface area contributed by atoms with Crippen LogP contribution < -0.4 is 11.5 Å². The second kappa shape index (κ2) is 6.69. The Morgan fingerprint density at radius 3 is 2.46 bits per heavy atom. The highest BCUT2D eigenvalue weighted by Crippen LogP contribution is 2.25. The summed E-state index contributed by atoms with van der Waals surface area (Å²) in [7, 11) is 0. The predicted molar refractivity (Wildman–Crippen MR) is 98.4 cm³/mol. The third kappa shape index (κ3) is 3.01. The molecule has 0 saturated heterocycles. The molecule has 8 heteroatoms. The van der Waals surface area contributed by atoms with E-state index in [1.807, 2.05) is 36.4 Å². The van der Waals surface area contributed by atoms with Crippen molar-refractivity contribution >= 4 is 5.82 Å². The molecule has 3 heterocycles. The lowest BCUT2D eigenvalue weighted by molar-refractivity contribution is 1.07. The number of pyridine rings is 1. The summed E-state index contributed by atoms with van der Waals surface area (Å²) in [6.07, 6.45) is 5.03. The first-order valence-electron chi connectivity index (χ1n) is 8.00. The molecule has 4 aromatic rings. The summed E-state index contributed by atoms with van der Waals surface area (Å²) in [5.41, 5.74) is 15.5. The molecular formula is C18H16N8. The summed E-state index contributed by atoms with van der Waals surface area (Å²) in [6.45, 7) is 0.495. The number of aromatic nitrogens is 6. The fourth-order valence-electron chi connectivity index (χ4n) is 2.52. The molecule has 4 rings (SSSR count). The fraction of sp³-hybridized carbons (Fsp3) is 0.0556. The molecule has 26 heavy (non-hydrogen) atoms. The van der Waals surface area contributed by atoms with E-state index in [9.17, 15) is 0 Å². The Kier molecular flexibility index (Phi) is 4.08. The van der Waals surface area contributed by atoms with E-state index < -0.39 is 0 Å². The maximum atomic E-state index is 5.99. The maximum absolute atomic E-state index is 5.99. The van der Waals surface area contributed by atoms with Crippen LogP contribution in [-0.4, -0.2) is 30.1 Å². The van der Waals surface area contributed by atoms with Crippen LogP contribution in [0.4, 0.5) is 5.82 Å². The van der Waals surface area contributed by atoms with Crippen LogP contribution in [0.15, 0.2) is 55.0 Å². The zero-order valence-corrected chi connectivity index (χ0v) is 13.8. The Bertz CT molecular complexity index is 1020. The van der Waals surface area contributed by atoms with Gasteiger partial charge in [-0.1, -0.05) is 24.3 Å². The number of hydrogen-bond acceptors (Lipinski definition) is 7. The molecule has 0 unspecified atom stereocenters. The van der Waals surface area contributed by atoms with Gasteiger partial charge >= 0.3 is 0 Å². The number of H-pyrrole nitrogens is 1. The predicted octanol–water partition coefficient (Wildman–Crippen LogP) is 2.03. The van der Waals surface area contributed by atoms with Crippen LogP contribution in [0.2, 0.25) is 0 Å². The van der Waals surface area contributed by atoms with Crippen molar-refractivity contribution in [1.29, 1.82) is 0 Å². The maximum Gasteiger partial charge on any atom is 0.184 e. The van der Waals surface area contributed by atoms with Crippen LogP contribution in [0.5, 0.6) is 0 Å². The van der Waals surface area contributed by atoms with Gasteiger partial charge in [-0.15, -0.1) is 10.2 Å². The average molecular weight is 344 g/mol. The Morgan fingerprint density at radius 2 is 1.73 bits per heavy atom. The SMILES string of the molecule is NCc1ccc(-c2nnc(-c3nc(-c4cccnc4)cnc3N)[nH]2)cc1. The van der Waals surface area contributed by atoms with Gasteiger partial charge in [0.05, 0.1) is 11.9 Å². The monoisotopic (exact) mass is 344 g/mol. The second-order valence-electron chi connectivity index (χ2n) is 5.65. The van der Waals surface area contributed by atoms with Crippen molar-refractivity contribution < 1.29 is 0 Å². The summed E-state index contributed by atoms with van der Waals surface area (Å²) in [4.78, 5) is 16.0. The van der Waals surface area contributed by atoms with Crippen LogP contribution in [0.1, 0.15) is 5.56 Å². The van der Waals surface area contributed by atoms with E-state index in [0.29, 0.717) is 29.6 Å². The first-order valence-corrected chi connectivity index (χ1v) is 8.00. The Labute approximate surface area is 149 Å². The normalized spacial score (nSPS) is 10.8. The lowest BCUT2D eigenvalue weighted by atomic mass is 10.1. The van der Waals surface area contributed by atoms with Crippen LogP contribution >= 0.6 is 0 Å². The molecule has 0 saturated carbocycles. The Hall–Kier alpha value is -3.65. The van der Waals surface area contributed by atoms with E-state index in [0.717, 1.165) is 16.7 Å². The minimum Gasteiger partial charge on any atom is -0.382 e. The largest absolute Gasteiger partial charge is 0.382 e. The van der Waals surface area contributed by atoms with E-state index in [-0.39, 0.29) is 5.82 Å². The molecule has 0 aliphatic rings. The molecule has 128 valence electrons. The molecule has 0 fully saturated rings. The quantitative estimate of drug-likeness (QED) is 0.516. The van der Waals surface area contributed by atoms with Crippen molar-refractivity contribution in [3.8, 4) is 34.2 Å². The van der Waals surface area contributed by atoms with Gasteiger partial charge in [-0.05, 0) is 17.7 Å². The van der Waals surface area contributed by atoms with Crippen molar-refractivity contribution in [1.82, 2.24) is 30.1 Å². The molecule has 3 aromatic heterocycles. The van der Waals surface area contributed by atoms with Crippen molar-refractivity contribution in [2.75, 3.05) is 5.73 Å². The van der Waals surface area contributed by atoms with E-state index in [2.05, 4.69) is 30.1 Å². The van der Waals surface area contributed by atoms with Crippen LogP contribution in [0.3, 0.4) is 0 Å². The third-order valence-corrected chi connectivity index (χ3v) is 3.93. The number of aromatic amines is 1. The zero-order chi connectivity index (χ0) is 17.9. The number of nitrogens with two attached hydrogens (primary N) is 2. The number of anilines is 1. The highest BCUT2D eigenvalue weighted by Gasteiger charge is 2.14. The van der Waals surface area contributed by atoms with Gasteiger partial charge in [0, 0.05) is 30.1 Å². The minimum atomic E-state index is 0.277. The topological polar surface area (TPSA) is 132 Å². The summed E-state index contributed by atoms with van der Waals surface area (Å²) in [6, 6.07) is 11.5. The average Bonchev–Trinajstić information content (AvgIpc) is 3.19. The number of nitrogens with one attached hydrogen (secondary N) is 1. The molecule has 0 bridgehead atoms. The van der Waals surface area contributed by atoms with E-state index in [4.69, 9.17) is 11.5 Å². The molecule has 8 nitrogen and oxygen atoms in total. The van der Waals surface area contributed by atoms with E-state index >= 15 is 0 Å². The number of nitrogen functional groups attached to an aromatic ring is 1. The van der Waals surface area contributed by atoms with Crippen LogP contribution in [0, 0.1) is 0 Å². The standard InChI is InChI=1S/C18H16N8/c19-8-11-3-5-12(6-4-11)17-24-18(26-25-17)15-16(20)22-10-14(23-15)13-2-1-7-21-9-13/h1-7,9-10H,8,19H2,(H2,20,22)(H,24,25,26). The van der Waals surface area contributed by atoms with Gasteiger partial charge in [-0.3, -0.25) is 4.98 Å². The van der Waals surface area contributed by atoms with Gasteiger partial charge in [0.25, 0.3) is 0 Å². The molecule has 0 spiro atoms. The summed E-state index contributed by atoms with van der Waals surface area (Å²) in [5, 5.41) is 8.36. The minimum absolute atomic E-state index is 0.277. The second-order valence-corrected chi connectivity index (χ2v) is 5.65. The molecule has 0 aliphatic heterocycles. The number of nitrogens with zero attached hydrogens (tertiary/aromatic N) is 5. The smallest absolute Gasteiger partial charge is 0.184 e. The molecule has 0 aliphatic carbocycles.